The van der Waals surface area contributed by atoms with E-state index in [-0.39, 0.29) is 81.2 Å². The summed E-state index contributed by atoms with van der Waals surface area (Å²) in [4.78, 5) is 82.5. The molecule has 0 spiro atoms. The highest BCUT2D eigenvalue weighted by Crippen LogP contribution is 2.83. The van der Waals surface area contributed by atoms with Crippen molar-refractivity contribution in [2.45, 2.75) is 351 Å². The monoisotopic (exact) mass is 1910 g/mol. The summed E-state index contributed by atoms with van der Waals surface area (Å²) < 4.78 is 5.34. The average molecular weight is 1910 g/mol. The Morgan fingerprint density at radius 2 is 0.671 bits per heavy atom. The number of ether oxygens (including phenoxy) is 1. The first-order valence-corrected chi connectivity index (χ1v) is 56.3. The minimum atomic E-state index is -0.871. The minimum Gasteiger partial charge on any atom is -0.478 e. The molecule has 0 radical (unpaired) electrons. The van der Waals surface area contributed by atoms with Crippen molar-refractivity contribution < 1.29 is 48.8 Å². The number of hydrogen-bond donors (Lipinski definition) is 3. The summed E-state index contributed by atoms with van der Waals surface area (Å²) in [6, 6.07) is 22.7. The van der Waals surface area contributed by atoms with Gasteiger partial charge in [-0.3, -0.25) is 14.4 Å². The van der Waals surface area contributed by atoms with Gasteiger partial charge in [0, 0.05) is 55.8 Å². The van der Waals surface area contributed by atoms with Crippen LogP contribution in [-0.4, -0.2) is 114 Å². The summed E-state index contributed by atoms with van der Waals surface area (Å²) in [6.45, 7) is 70.5. The number of benzene rings is 3. The molecule has 0 amide bonds. The molecule has 12 nitrogen and oxygen atoms in total. The van der Waals surface area contributed by atoms with Crippen LogP contribution in [0.5, 0.6) is 0 Å². The predicted octanol–water partition coefficient (Wildman–Crippen LogP) is 31.0. The van der Waals surface area contributed by atoms with Crippen LogP contribution in [0.15, 0.2) is 127 Å². The smallest absolute Gasteiger partial charge is 0.335 e. The number of nitrogens with zero attached hydrogens (tertiary/aromatic N) is 2. The number of fused-ring (bicyclic) bond motifs is 21. The number of carboxylic acid groups (broad SMARTS) is 3. The van der Waals surface area contributed by atoms with Crippen LogP contribution in [0, 0.1) is 176 Å². The van der Waals surface area contributed by atoms with E-state index in [1.807, 2.05) is 36.4 Å². The van der Waals surface area contributed by atoms with Crippen LogP contribution in [0.25, 0.3) is 16.7 Å². The first-order chi connectivity index (χ1) is 65.7. The van der Waals surface area contributed by atoms with Crippen molar-refractivity contribution >= 4 is 52.0 Å². The van der Waals surface area contributed by atoms with Gasteiger partial charge >= 0.3 is 17.9 Å². The van der Waals surface area contributed by atoms with E-state index >= 15 is 0 Å². The zero-order chi connectivity index (χ0) is 102. The third-order valence-corrected chi connectivity index (χ3v) is 47.7. The van der Waals surface area contributed by atoms with Crippen LogP contribution >= 0.6 is 0 Å². The lowest BCUT2D eigenvalue weighted by Gasteiger charge is -2.72. The maximum atomic E-state index is 14.5. The van der Waals surface area contributed by atoms with Gasteiger partial charge in [-0.15, -0.1) is 0 Å². The quantitative estimate of drug-likeness (QED) is 0.0512. The highest BCUT2D eigenvalue weighted by atomic mass is 16.5. The normalized spacial score (nSPS) is 40.8. The van der Waals surface area contributed by atoms with Gasteiger partial charge in [-0.2, -0.15) is 0 Å². The van der Waals surface area contributed by atoms with Crippen molar-refractivity contribution in [1.29, 1.82) is 0 Å². The van der Waals surface area contributed by atoms with Crippen molar-refractivity contribution in [3.05, 3.63) is 161 Å². The molecule has 12 fully saturated rings. The molecule has 768 valence electrons. The largest absolute Gasteiger partial charge is 0.478 e. The molecule has 0 saturated heterocycles. The number of Topliss-reactive ketones (excluding diaryl/α,β-unsaturated/α-hetero) is 3. The minimum absolute atomic E-state index is 0.00364. The van der Waals surface area contributed by atoms with Gasteiger partial charge in [-0.25, -0.2) is 14.4 Å². The Labute approximate surface area is 846 Å². The lowest BCUT2D eigenvalue weighted by atomic mass is 9.32. The van der Waals surface area contributed by atoms with Crippen molar-refractivity contribution in [3.63, 3.8) is 0 Å². The summed E-state index contributed by atoms with van der Waals surface area (Å²) in [7, 11) is 5.98. The SMILES string of the molecule is C=C(C)[C@@H]1CC[C@]2(C(=O)CCCN(CC)CC)CC[C@]3(C)[C@H](CC[C@@H]4[C@@]5(C)CC=C(c6ccc(C(=O)O)cc6)C(C)(C)[C@@H]5CC[C@]43C)[C@@H]12.C=C(C)[C@@H]1CC[C@]2(C(=O)CCCOC)CC[C@]3(C)[C@H](CC[C@@H]4[C@@]5(C)CC=C(c6ccc(C(=O)O)cc6)C(C)(C)[C@@H]5CC[C@]43C)[C@@H]12.C=C(C)[C@@H]1CC[C@]2(C(=O)C[C@@H](C)CN(C)C)CC[C@]3(C)[C@H](CC[C@@H]4[C@@]5(C)CC=C(c6ccc(C(=O)O)cc6)C(C)(C)[C@@H]5CC[C@]43C)[C@@H]12. The second-order valence-electron chi connectivity index (χ2n) is 54.4. The molecule has 0 unspecified atom stereocenters. The molecule has 15 aliphatic carbocycles. The number of ketones is 3. The average Bonchev–Trinajstić information content (AvgIpc) is 1.18. The summed E-state index contributed by atoms with van der Waals surface area (Å²) >= 11 is 0. The molecule has 0 bridgehead atoms. The Balaban J connectivity index is 0.000000151. The van der Waals surface area contributed by atoms with Crippen molar-refractivity contribution in [2.24, 2.45) is 176 Å². The Hall–Kier alpha value is -6.60. The molecule has 0 aliphatic heterocycles. The molecule has 12 saturated carbocycles. The van der Waals surface area contributed by atoms with Gasteiger partial charge in [0.05, 0.1) is 16.7 Å². The Bertz CT molecular complexity index is 5320. The maximum absolute atomic E-state index is 14.5. The highest BCUT2D eigenvalue weighted by molar-refractivity contribution is 5.91. The molecule has 0 heterocycles. The molecule has 3 aromatic carbocycles. The van der Waals surface area contributed by atoms with Crippen LogP contribution in [0.4, 0.5) is 0 Å². The zero-order valence-electron chi connectivity index (χ0n) is 91.8. The number of hydrogen-bond acceptors (Lipinski definition) is 9. The molecule has 140 heavy (non-hydrogen) atoms. The second-order valence-corrected chi connectivity index (χ2v) is 54.4. The highest BCUT2D eigenvalue weighted by Gasteiger charge is 2.76. The maximum Gasteiger partial charge on any atom is 0.335 e. The van der Waals surface area contributed by atoms with Crippen LogP contribution in [0.2, 0.25) is 0 Å². The van der Waals surface area contributed by atoms with Crippen molar-refractivity contribution in [2.75, 3.05) is 54.0 Å². The second kappa shape index (κ2) is 38.3. The number of carbonyl (C=O) groups excluding carboxylic acids is 3. The molecule has 3 N–H and O–H groups in total. The van der Waals surface area contributed by atoms with E-state index < -0.39 is 17.9 Å². The summed E-state index contributed by atoms with van der Waals surface area (Å²) in [5.41, 5.74) is 14.2. The summed E-state index contributed by atoms with van der Waals surface area (Å²) in [5, 5.41) is 28.4. The van der Waals surface area contributed by atoms with Gasteiger partial charge in [0.1, 0.15) is 17.3 Å². The van der Waals surface area contributed by atoms with E-state index in [1.165, 1.54) is 146 Å². The van der Waals surface area contributed by atoms with Gasteiger partial charge in [0.25, 0.3) is 0 Å². The first-order valence-electron chi connectivity index (χ1n) is 56.3. The predicted molar refractivity (Wildman–Crippen MR) is 573 cm³/mol. The number of carbonyl (C=O) groups is 6. The lowest BCUT2D eigenvalue weighted by molar-refractivity contribution is -0.224. The zero-order valence-corrected chi connectivity index (χ0v) is 91.8. The Kier molecular flexibility index (Phi) is 29.0. The van der Waals surface area contributed by atoms with Crippen LogP contribution in [0.3, 0.4) is 0 Å². The molecular formula is C128H186N2O10. The molecule has 28 atom stereocenters. The number of rotatable bonds is 26. The number of aromatic carboxylic acids is 3. The van der Waals surface area contributed by atoms with Gasteiger partial charge in [-0.05, 0) is 470 Å². The fourth-order valence-corrected chi connectivity index (χ4v) is 40.6. The fourth-order valence-electron chi connectivity index (χ4n) is 40.6. The summed E-state index contributed by atoms with van der Waals surface area (Å²) in [6.07, 6.45) is 43.0. The first kappa shape index (κ1) is 106. The number of methoxy groups -OCH3 is 1. The van der Waals surface area contributed by atoms with E-state index in [9.17, 15) is 44.1 Å². The molecule has 12 heteroatoms. The lowest BCUT2D eigenvalue weighted by Crippen LogP contribution is -2.66. The fraction of sp³-hybridized carbons (Fsp3) is 0.719. The third-order valence-electron chi connectivity index (χ3n) is 47.7. The van der Waals surface area contributed by atoms with Crippen molar-refractivity contribution in [3.8, 4) is 0 Å². The van der Waals surface area contributed by atoms with E-state index in [4.69, 9.17) is 4.74 Å². The molecular weight excluding hydrogens is 1730 g/mol. The number of carboxylic acids is 3. The van der Waals surface area contributed by atoms with E-state index in [2.05, 4.69) is 207 Å². The topological polar surface area (TPSA) is 179 Å². The Morgan fingerprint density at radius 1 is 0.379 bits per heavy atom. The van der Waals surface area contributed by atoms with Gasteiger partial charge in [-0.1, -0.05) is 216 Å². The molecule has 18 rings (SSSR count). The van der Waals surface area contributed by atoms with E-state index in [1.54, 1.807) is 43.5 Å². The molecule has 0 aromatic heterocycles. The van der Waals surface area contributed by atoms with Crippen molar-refractivity contribution in [1.82, 2.24) is 9.80 Å². The van der Waals surface area contributed by atoms with E-state index in [0.29, 0.717) is 148 Å². The standard InChI is InChI=1S/C44H65NO3.C43H63NO3.C41H58O4/c1-10-45(11-2)28-12-13-37(46)44-25-20-32(29(3)4)38(44)34-18-19-36-41(7)23-21-33(30-14-16-31(17-15-30)39(47)48)40(5,6)35(41)22-24-43(36,9)42(34,8)26-27-44;1-27(2)31-17-22-43(36(45)25-28(3)26-44(9)10)24-23-41(7)33(37(31)43)15-16-35-40(6)20-18-32(29-11-13-30(14-12-29)38(46)47)39(4,5)34(40)19-21-42(35,41)8;1-26(2)29-17-22-41(34(42)10-9-25-45-8)24-23-39(6)31(35(29)41)15-16-33-38(5)20-18-30(27-11-13-28(14-12-27)36(43)44)37(3,4)32(38)19-21-40(33,39)7/h14-17,21,32,34-36,38H,3,10-13,18-20,22-28H2,1-2,4-9H3,(H,47,48);11-14,18,28,31,33-35,37H,1,15-17,19-26H2,2-10H3,(H,46,47);11-14,18,29,31-33,35H,1,9-10,15-17,19-25H2,2-8H3,(H,43,44)/t32-,34+,35-,36+,38+,41-,42+,43+,44+;28-,31+,33-,34+,35-,37-,40+,41-,42-,43-;29-,31+,32-,33+,35+,38-,39+,40+,41+/m010/s1. The van der Waals surface area contributed by atoms with Crippen LogP contribution in [0.1, 0.15) is 399 Å². The van der Waals surface area contributed by atoms with Gasteiger partial charge in [0.15, 0.2) is 0 Å². The number of allylic oxidation sites excluding steroid dienone is 9. The third kappa shape index (κ3) is 16.6. The van der Waals surface area contributed by atoms with Gasteiger partial charge in [0.2, 0.25) is 0 Å². The summed E-state index contributed by atoms with van der Waals surface area (Å²) in [5.74, 6) is 7.53. The molecule has 15 aliphatic rings. The van der Waals surface area contributed by atoms with E-state index in [0.717, 1.165) is 122 Å². The molecule has 3 aromatic rings. The van der Waals surface area contributed by atoms with Crippen LogP contribution < -0.4 is 0 Å². The van der Waals surface area contributed by atoms with Crippen LogP contribution in [-0.2, 0) is 19.1 Å². The Morgan fingerprint density at radius 3 is 0.943 bits per heavy atom. The van der Waals surface area contributed by atoms with Gasteiger partial charge < -0.3 is 29.9 Å².